The first kappa shape index (κ1) is 39.4. The van der Waals surface area contributed by atoms with Crippen molar-refractivity contribution in [1.82, 2.24) is 0 Å². The maximum absolute atomic E-state index is 11.1. The summed E-state index contributed by atoms with van der Waals surface area (Å²) in [6.45, 7) is 13.6. The Morgan fingerprint density at radius 1 is 0.469 bits per heavy atom. The van der Waals surface area contributed by atoms with Crippen molar-refractivity contribution in [3.05, 3.63) is 46.5 Å². The molecule has 0 radical (unpaired) electrons. The van der Waals surface area contributed by atoms with Crippen LogP contribution in [0, 0.1) is 0 Å². The first-order valence-corrected chi connectivity index (χ1v) is 20.6. The Morgan fingerprint density at radius 3 is 1.10 bits per heavy atom. The number of phenols is 2. The Balaban J connectivity index is 1.33. The third-order valence-electron chi connectivity index (χ3n) is 11.4. The summed E-state index contributed by atoms with van der Waals surface area (Å²) in [5.41, 5.74) is 3.97. The summed E-state index contributed by atoms with van der Waals surface area (Å²) in [6, 6.07) is 8.06. The predicted molar refractivity (Wildman–Crippen MR) is 207 cm³/mol. The Morgan fingerprint density at radius 2 is 0.776 bits per heavy atom. The SMILES string of the molecule is CCCCCCCCCCCCc1cc2c(cc1O)OC1(CC2(C)C)CC(C)(C)c2cc(CCCCCCCCCCCC)c(O)cc2O1. The lowest BCUT2D eigenvalue weighted by Crippen LogP contribution is -2.55. The fraction of sp³-hybridized carbons (Fsp3) is 0.733. The molecule has 1 spiro atoms. The Labute approximate surface area is 300 Å². The fourth-order valence-electron chi connectivity index (χ4n) is 8.63. The number of phenolic OH excluding ortho intramolecular Hbond substituents is 2. The molecule has 2 N–H and O–H groups in total. The molecule has 4 heteroatoms. The second-order valence-electron chi connectivity index (χ2n) is 17.1. The van der Waals surface area contributed by atoms with E-state index in [1.165, 1.54) is 116 Å². The van der Waals surface area contributed by atoms with Gasteiger partial charge in [0.05, 0.1) is 0 Å². The zero-order valence-corrected chi connectivity index (χ0v) is 32.5. The van der Waals surface area contributed by atoms with Gasteiger partial charge in [-0.05, 0) is 48.9 Å². The normalized spacial score (nSPS) is 16.9. The molecule has 0 aromatic heterocycles. The van der Waals surface area contributed by atoms with Crippen molar-refractivity contribution in [3.63, 3.8) is 0 Å². The van der Waals surface area contributed by atoms with Crippen molar-refractivity contribution in [2.45, 2.75) is 212 Å². The molecule has 2 heterocycles. The number of hydrogen-bond acceptors (Lipinski definition) is 4. The second kappa shape index (κ2) is 18.8. The number of hydrogen-bond donors (Lipinski definition) is 2. The first-order chi connectivity index (χ1) is 23.5. The maximum Gasteiger partial charge on any atom is 0.252 e. The molecule has 2 aromatic carbocycles. The van der Waals surface area contributed by atoms with Crippen LogP contribution in [0.3, 0.4) is 0 Å². The van der Waals surface area contributed by atoms with Gasteiger partial charge < -0.3 is 19.7 Å². The van der Waals surface area contributed by atoms with Crippen molar-refractivity contribution in [1.29, 1.82) is 0 Å². The van der Waals surface area contributed by atoms with Gasteiger partial charge in [-0.2, -0.15) is 0 Å². The van der Waals surface area contributed by atoms with Crippen LogP contribution < -0.4 is 9.47 Å². The molecule has 0 aliphatic carbocycles. The average Bonchev–Trinajstić information content (AvgIpc) is 3.03. The van der Waals surface area contributed by atoms with Gasteiger partial charge in [-0.15, -0.1) is 0 Å². The summed E-state index contributed by atoms with van der Waals surface area (Å²) < 4.78 is 13.5. The van der Waals surface area contributed by atoms with Crippen LogP contribution in [0.15, 0.2) is 24.3 Å². The predicted octanol–water partition coefficient (Wildman–Crippen LogP) is 13.5. The van der Waals surface area contributed by atoms with Gasteiger partial charge in [0.1, 0.15) is 23.0 Å². The van der Waals surface area contributed by atoms with Gasteiger partial charge >= 0.3 is 0 Å². The van der Waals surface area contributed by atoms with E-state index in [9.17, 15) is 10.2 Å². The van der Waals surface area contributed by atoms with E-state index in [0.29, 0.717) is 24.3 Å². The summed E-state index contributed by atoms with van der Waals surface area (Å²) in [4.78, 5) is 0. The molecular formula is C45H72O4. The van der Waals surface area contributed by atoms with Crippen LogP contribution in [-0.4, -0.2) is 16.0 Å². The van der Waals surface area contributed by atoms with Gasteiger partial charge in [0.2, 0.25) is 0 Å². The number of fused-ring (bicyclic) bond motifs is 2. The molecule has 2 aliphatic rings. The van der Waals surface area contributed by atoms with E-state index in [-0.39, 0.29) is 10.8 Å². The molecule has 0 saturated heterocycles. The summed E-state index contributed by atoms with van der Waals surface area (Å²) in [5.74, 6) is 1.24. The average molecular weight is 677 g/mol. The van der Waals surface area contributed by atoms with E-state index in [1.54, 1.807) is 0 Å². The van der Waals surface area contributed by atoms with E-state index < -0.39 is 5.79 Å². The molecule has 4 nitrogen and oxygen atoms in total. The summed E-state index contributed by atoms with van der Waals surface area (Å²) in [7, 11) is 0. The van der Waals surface area contributed by atoms with Gasteiger partial charge in [0.25, 0.3) is 5.79 Å². The molecule has 4 rings (SSSR count). The van der Waals surface area contributed by atoms with Crippen molar-refractivity contribution in [2.24, 2.45) is 0 Å². The van der Waals surface area contributed by atoms with E-state index >= 15 is 0 Å². The zero-order chi connectivity index (χ0) is 35.3. The first-order valence-electron chi connectivity index (χ1n) is 20.6. The second-order valence-corrected chi connectivity index (χ2v) is 17.1. The van der Waals surface area contributed by atoms with Crippen LogP contribution in [0.1, 0.15) is 205 Å². The van der Waals surface area contributed by atoms with E-state index in [4.69, 9.17) is 9.47 Å². The summed E-state index contributed by atoms with van der Waals surface area (Å²) in [6.07, 6.45) is 29.4. The van der Waals surface area contributed by atoms with Crippen LogP contribution >= 0.6 is 0 Å². The topological polar surface area (TPSA) is 58.9 Å². The minimum absolute atomic E-state index is 0.196. The molecule has 276 valence electrons. The molecule has 0 amide bonds. The van der Waals surface area contributed by atoms with E-state index in [0.717, 1.165) is 59.4 Å². The van der Waals surface area contributed by atoms with Crippen LogP contribution in [0.5, 0.6) is 23.0 Å². The Kier molecular flexibility index (Phi) is 15.1. The van der Waals surface area contributed by atoms with Gasteiger partial charge in [-0.25, -0.2) is 0 Å². The lowest BCUT2D eigenvalue weighted by Gasteiger charge is -2.51. The molecule has 2 aromatic rings. The van der Waals surface area contributed by atoms with Crippen LogP contribution in [0.2, 0.25) is 0 Å². The number of aromatic hydroxyl groups is 2. The summed E-state index contributed by atoms with van der Waals surface area (Å²) in [5, 5.41) is 22.2. The third kappa shape index (κ3) is 11.3. The largest absolute Gasteiger partial charge is 0.508 e. The maximum atomic E-state index is 11.1. The minimum atomic E-state index is -0.859. The fourth-order valence-corrected chi connectivity index (χ4v) is 8.63. The van der Waals surface area contributed by atoms with Crippen LogP contribution in [0.25, 0.3) is 0 Å². The van der Waals surface area contributed by atoms with Gasteiger partial charge in [0.15, 0.2) is 0 Å². The monoisotopic (exact) mass is 677 g/mol. The smallest absolute Gasteiger partial charge is 0.252 e. The van der Waals surface area contributed by atoms with Crippen molar-refractivity contribution < 1.29 is 19.7 Å². The highest BCUT2D eigenvalue weighted by Gasteiger charge is 2.53. The lowest BCUT2D eigenvalue weighted by atomic mass is 9.68. The lowest BCUT2D eigenvalue weighted by molar-refractivity contribution is -0.166. The minimum Gasteiger partial charge on any atom is -0.508 e. The van der Waals surface area contributed by atoms with Crippen LogP contribution in [0.4, 0.5) is 0 Å². The Bertz CT molecular complexity index is 1190. The molecule has 2 aliphatic heterocycles. The Hall–Kier alpha value is -2.36. The molecule has 0 saturated carbocycles. The highest BCUT2D eigenvalue weighted by molar-refractivity contribution is 5.53. The zero-order valence-electron chi connectivity index (χ0n) is 32.5. The van der Waals surface area contributed by atoms with E-state index in [2.05, 4.69) is 53.7 Å². The molecule has 0 atom stereocenters. The third-order valence-corrected chi connectivity index (χ3v) is 11.4. The highest BCUT2D eigenvalue weighted by Crippen LogP contribution is 2.55. The van der Waals surface area contributed by atoms with Gasteiger partial charge in [-0.3, -0.25) is 0 Å². The summed E-state index contributed by atoms with van der Waals surface area (Å²) >= 11 is 0. The number of aryl methyl sites for hydroxylation is 2. The van der Waals surface area contributed by atoms with Crippen molar-refractivity contribution in [2.75, 3.05) is 0 Å². The van der Waals surface area contributed by atoms with Gasteiger partial charge in [0, 0.05) is 46.9 Å². The standard InChI is InChI=1S/C45H72O4/c1-7-9-11-13-15-17-19-21-23-25-27-35-29-37-41(31-39(35)46)48-45(33-43(37,3)4)34-44(5,6)38-30-36(40(47)32-42(38)49-45)28-26-24-22-20-18-16-14-12-10-8-2/h29-32,46-47H,7-28,33-34H2,1-6H3. The van der Waals surface area contributed by atoms with Crippen molar-refractivity contribution >= 4 is 0 Å². The molecular weight excluding hydrogens is 604 g/mol. The molecule has 49 heavy (non-hydrogen) atoms. The van der Waals surface area contributed by atoms with E-state index in [1.807, 2.05) is 12.1 Å². The van der Waals surface area contributed by atoms with Gasteiger partial charge in [-0.1, -0.05) is 157 Å². The number of unbranched alkanes of at least 4 members (excludes halogenated alkanes) is 18. The number of benzene rings is 2. The quantitative estimate of drug-likeness (QED) is 0.122. The number of rotatable bonds is 22. The van der Waals surface area contributed by atoms with Crippen molar-refractivity contribution in [3.8, 4) is 23.0 Å². The van der Waals surface area contributed by atoms with Crippen LogP contribution in [-0.2, 0) is 23.7 Å². The highest BCUT2D eigenvalue weighted by atomic mass is 16.7. The molecule has 0 bridgehead atoms. The molecule has 0 unspecified atom stereocenters. The number of ether oxygens (including phenoxy) is 2. The molecule has 0 fully saturated rings.